The van der Waals surface area contributed by atoms with Crippen molar-refractivity contribution in [1.29, 1.82) is 0 Å². The number of anilines is 1. The number of halogens is 1. The van der Waals surface area contributed by atoms with E-state index in [1.54, 1.807) is 12.1 Å². The number of nitro benzene ring substituents is 1. The van der Waals surface area contributed by atoms with Crippen molar-refractivity contribution >= 4 is 34.0 Å². The van der Waals surface area contributed by atoms with Gasteiger partial charge in [0.15, 0.2) is 0 Å². The first kappa shape index (κ1) is 15.2. The normalized spacial score (nSPS) is 11.3. The topological polar surface area (TPSA) is 81.2 Å². The molecular formula is C12H18IN3O2. The molecule has 0 fully saturated rings. The highest BCUT2D eigenvalue weighted by Crippen LogP contribution is 2.30. The average molecular weight is 363 g/mol. The van der Waals surface area contributed by atoms with Gasteiger partial charge in [-0.3, -0.25) is 10.1 Å². The van der Waals surface area contributed by atoms with E-state index in [0.29, 0.717) is 12.2 Å². The van der Waals surface area contributed by atoms with E-state index in [2.05, 4.69) is 27.9 Å². The molecule has 0 aliphatic carbocycles. The molecule has 3 N–H and O–H groups in total. The fourth-order valence-corrected chi connectivity index (χ4v) is 2.29. The molecule has 0 amide bonds. The van der Waals surface area contributed by atoms with Gasteiger partial charge in [-0.05, 0) is 47.6 Å². The summed E-state index contributed by atoms with van der Waals surface area (Å²) in [4.78, 5) is 10.7. The Hall–Kier alpha value is -0.890. The van der Waals surface area contributed by atoms with Crippen molar-refractivity contribution in [1.82, 2.24) is 0 Å². The zero-order valence-corrected chi connectivity index (χ0v) is 12.7. The molecule has 18 heavy (non-hydrogen) atoms. The Morgan fingerprint density at radius 3 is 2.50 bits per heavy atom. The summed E-state index contributed by atoms with van der Waals surface area (Å²) in [6, 6.07) is 5.16. The maximum atomic E-state index is 11.1. The number of benzene rings is 1. The monoisotopic (exact) mass is 363 g/mol. The van der Waals surface area contributed by atoms with Gasteiger partial charge in [0.25, 0.3) is 5.69 Å². The minimum absolute atomic E-state index is 0.0987. The number of nitrogens with one attached hydrogen (secondary N) is 1. The van der Waals surface area contributed by atoms with Gasteiger partial charge in [-0.15, -0.1) is 0 Å². The second-order valence-electron chi connectivity index (χ2n) is 4.24. The number of hydrogen-bond donors (Lipinski definition) is 2. The van der Waals surface area contributed by atoms with Gasteiger partial charge < -0.3 is 11.1 Å². The highest BCUT2D eigenvalue weighted by atomic mass is 127. The molecule has 0 unspecified atom stereocenters. The number of hydrogen-bond acceptors (Lipinski definition) is 4. The summed E-state index contributed by atoms with van der Waals surface area (Å²) >= 11 is 2.06. The van der Waals surface area contributed by atoms with Crippen molar-refractivity contribution in [2.45, 2.75) is 32.2 Å². The highest BCUT2D eigenvalue weighted by Gasteiger charge is 2.27. The lowest BCUT2D eigenvalue weighted by Crippen LogP contribution is -2.44. The standard InChI is InChI=1S/C12H18IN3O2/c1-3-12(4-2,8-14)15-10-6-5-9(13)7-11(10)16(17)18/h5-7,15H,3-4,8,14H2,1-2H3. The van der Waals surface area contributed by atoms with Crippen LogP contribution in [0, 0.1) is 13.7 Å². The van der Waals surface area contributed by atoms with Crippen LogP contribution in [0.3, 0.4) is 0 Å². The summed E-state index contributed by atoms with van der Waals surface area (Å²) in [6.07, 6.45) is 1.65. The second kappa shape index (κ2) is 6.33. The summed E-state index contributed by atoms with van der Waals surface area (Å²) < 4.78 is 0.844. The molecule has 0 aromatic heterocycles. The van der Waals surface area contributed by atoms with E-state index in [1.165, 1.54) is 0 Å². The lowest BCUT2D eigenvalue weighted by Gasteiger charge is -2.32. The van der Waals surface area contributed by atoms with Crippen LogP contribution < -0.4 is 11.1 Å². The molecule has 0 saturated heterocycles. The minimum atomic E-state index is -0.364. The van der Waals surface area contributed by atoms with Crippen LogP contribution in [0.15, 0.2) is 18.2 Å². The van der Waals surface area contributed by atoms with Gasteiger partial charge in [-0.1, -0.05) is 13.8 Å². The third-order valence-electron chi connectivity index (χ3n) is 3.30. The molecule has 1 aromatic carbocycles. The third-order valence-corrected chi connectivity index (χ3v) is 3.97. The van der Waals surface area contributed by atoms with Gasteiger partial charge in [0.2, 0.25) is 0 Å². The van der Waals surface area contributed by atoms with Crippen LogP contribution in [0.4, 0.5) is 11.4 Å². The van der Waals surface area contributed by atoms with Crippen molar-refractivity contribution in [2.75, 3.05) is 11.9 Å². The maximum absolute atomic E-state index is 11.1. The Morgan fingerprint density at radius 1 is 1.44 bits per heavy atom. The molecule has 0 saturated carbocycles. The van der Waals surface area contributed by atoms with E-state index in [9.17, 15) is 10.1 Å². The van der Waals surface area contributed by atoms with E-state index in [-0.39, 0.29) is 16.1 Å². The second-order valence-corrected chi connectivity index (χ2v) is 5.48. The molecule has 6 heteroatoms. The minimum Gasteiger partial charge on any atom is -0.373 e. The van der Waals surface area contributed by atoms with Crippen LogP contribution in [0.25, 0.3) is 0 Å². The van der Waals surface area contributed by atoms with Crippen molar-refractivity contribution in [3.05, 3.63) is 31.9 Å². The summed E-state index contributed by atoms with van der Waals surface area (Å²) in [6.45, 7) is 4.51. The van der Waals surface area contributed by atoms with E-state index in [1.807, 2.05) is 19.9 Å². The Kier molecular flexibility index (Phi) is 5.33. The van der Waals surface area contributed by atoms with Gasteiger partial charge in [-0.2, -0.15) is 0 Å². The van der Waals surface area contributed by atoms with Crippen LogP contribution >= 0.6 is 22.6 Å². The van der Waals surface area contributed by atoms with Crippen molar-refractivity contribution in [2.24, 2.45) is 5.73 Å². The fraction of sp³-hybridized carbons (Fsp3) is 0.500. The molecule has 0 aliphatic rings. The van der Waals surface area contributed by atoms with Crippen LogP contribution in [0.1, 0.15) is 26.7 Å². The van der Waals surface area contributed by atoms with E-state index >= 15 is 0 Å². The van der Waals surface area contributed by atoms with E-state index in [4.69, 9.17) is 5.73 Å². The molecular weight excluding hydrogens is 345 g/mol. The fourth-order valence-electron chi connectivity index (χ4n) is 1.81. The first-order chi connectivity index (χ1) is 8.48. The quantitative estimate of drug-likeness (QED) is 0.462. The largest absolute Gasteiger partial charge is 0.373 e. The molecule has 0 atom stereocenters. The van der Waals surface area contributed by atoms with Gasteiger partial charge in [0, 0.05) is 21.7 Å². The first-order valence-electron chi connectivity index (χ1n) is 5.90. The Balaban J connectivity index is 3.13. The number of nitro groups is 1. The molecule has 0 bridgehead atoms. The predicted octanol–water partition coefficient (Wildman–Crippen LogP) is 3.13. The first-order valence-corrected chi connectivity index (χ1v) is 6.98. The Labute approximate surface area is 120 Å². The van der Waals surface area contributed by atoms with Gasteiger partial charge >= 0.3 is 0 Å². The summed E-state index contributed by atoms with van der Waals surface area (Å²) in [7, 11) is 0. The van der Waals surface area contributed by atoms with Crippen LogP contribution in [-0.2, 0) is 0 Å². The Bertz CT molecular complexity index is 425. The van der Waals surface area contributed by atoms with E-state index in [0.717, 1.165) is 16.4 Å². The average Bonchev–Trinajstić information content (AvgIpc) is 2.37. The van der Waals surface area contributed by atoms with Gasteiger partial charge in [-0.25, -0.2) is 0 Å². The Morgan fingerprint density at radius 2 is 2.06 bits per heavy atom. The molecule has 100 valence electrons. The van der Waals surface area contributed by atoms with Gasteiger partial charge in [0.05, 0.1) is 4.92 Å². The smallest absolute Gasteiger partial charge is 0.293 e. The summed E-state index contributed by atoms with van der Waals surface area (Å²) in [5, 5.41) is 14.3. The molecule has 0 heterocycles. The molecule has 0 spiro atoms. The molecule has 0 aliphatic heterocycles. The highest BCUT2D eigenvalue weighted by molar-refractivity contribution is 14.1. The van der Waals surface area contributed by atoms with Crippen LogP contribution in [0.5, 0.6) is 0 Å². The SMILES string of the molecule is CCC(CC)(CN)Nc1ccc(I)cc1[N+](=O)[O-]. The number of nitrogens with two attached hydrogens (primary N) is 1. The molecule has 1 rings (SSSR count). The third kappa shape index (κ3) is 3.32. The summed E-state index contributed by atoms with van der Waals surface area (Å²) in [5.41, 5.74) is 6.15. The van der Waals surface area contributed by atoms with Crippen molar-refractivity contribution in [3.63, 3.8) is 0 Å². The summed E-state index contributed by atoms with van der Waals surface area (Å²) in [5.74, 6) is 0. The maximum Gasteiger partial charge on any atom is 0.293 e. The number of nitrogens with zero attached hydrogens (tertiary/aromatic N) is 1. The van der Waals surface area contributed by atoms with Crippen molar-refractivity contribution < 1.29 is 4.92 Å². The van der Waals surface area contributed by atoms with E-state index < -0.39 is 0 Å². The number of rotatable bonds is 6. The zero-order valence-electron chi connectivity index (χ0n) is 10.6. The van der Waals surface area contributed by atoms with Crippen LogP contribution in [0.2, 0.25) is 0 Å². The zero-order chi connectivity index (χ0) is 13.8. The lowest BCUT2D eigenvalue weighted by atomic mass is 9.92. The van der Waals surface area contributed by atoms with Crippen molar-refractivity contribution in [3.8, 4) is 0 Å². The molecule has 1 aromatic rings. The predicted molar refractivity (Wildman–Crippen MR) is 81.8 cm³/mol. The van der Waals surface area contributed by atoms with Crippen LogP contribution in [-0.4, -0.2) is 17.0 Å². The molecule has 0 radical (unpaired) electrons. The van der Waals surface area contributed by atoms with Gasteiger partial charge in [0.1, 0.15) is 5.69 Å². The molecule has 5 nitrogen and oxygen atoms in total. The lowest BCUT2D eigenvalue weighted by molar-refractivity contribution is -0.384.